The van der Waals surface area contributed by atoms with Crippen molar-refractivity contribution in [3.8, 4) is 5.75 Å². The number of hydrogen-bond donors (Lipinski definition) is 2. The molecule has 2 aromatic carbocycles. The van der Waals surface area contributed by atoms with Gasteiger partial charge in [0.2, 0.25) is 11.7 Å². The van der Waals surface area contributed by atoms with Gasteiger partial charge in [-0.3, -0.25) is 9.59 Å². The summed E-state index contributed by atoms with van der Waals surface area (Å²) in [4.78, 5) is 43.9. The number of carbonyl (C=O) groups excluding carboxylic acids is 3. The van der Waals surface area contributed by atoms with Crippen molar-refractivity contribution < 1.29 is 32.0 Å². The number of fused-ring (bicyclic) bond motifs is 1. The Morgan fingerprint density at radius 1 is 1.03 bits per heavy atom. The van der Waals surface area contributed by atoms with Gasteiger partial charge in [-0.2, -0.15) is 0 Å². The summed E-state index contributed by atoms with van der Waals surface area (Å²) in [5, 5.41) is 4.98. The standard InChI is InChI=1S/C25H30N4O7S/c1-5-17(22(30)24-27-18-11-7-9-13-21(18)36-24)26-23(31)19(28-25(32)29(2)3)15-37(33,34)14-16-10-6-8-12-20(16)35-4/h6-13,17,19H,5,14-15H2,1-4H3,(H,26,31)(H,28,32)/t17-,19?/m1/s1. The Bertz CT molecular complexity index is 1350. The molecule has 1 heterocycles. The lowest BCUT2D eigenvalue weighted by molar-refractivity contribution is -0.123. The number of hydrogen-bond acceptors (Lipinski definition) is 8. The van der Waals surface area contributed by atoms with Gasteiger partial charge >= 0.3 is 6.03 Å². The van der Waals surface area contributed by atoms with Gasteiger partial charge in [-0.05, 0) is 24.6 Å². The first kappa shape index (κ1) is 27.7. The lowest BCUT2D eigenvalue weighted by Gasteiger charge is -2.23. The first-order valence-corrected chi connectivity index (χ1v) is 13.4. The van der Waals surface area contributed by atoms with Crippen molar-refractivity contribution in [3.05, 3.63) is 60.0 Å². The first-order chi connectivity index (χ1) is 17.5. The summed E-state index contributed by atoms with van der Waals surface area (Å²) in [5.41, 5.74) is 1.33. The predicted molar refractivity (Wildman–Crippen MR) is 137 cm³/mol. The van der Waals surface area contributed by atoms with Crippen LogP contribution in [0.3, 0.4) is 0 Å². The second-order valence-corrected chi connectivity index (χ2v) is 10.7. The zero-order valence-electron chi connectivity index (χ0n) is 21.1. The average molecular weight is 531 g/mol. The number of urea groups is 1. The fourth-order valence-corrected chi connectivity index (χ4v) is 5.16. The highest BCUT2D eigenvalue weighted by Crippen LogP contribution is 2.21. The number of sulfone groups is 1. The molecule has 3 aromatic rings. The maximum Gasteiger partial charge on any atom is 0.317 e. The minimum absolute atomic E-state index is 0.175. The molecule has 0 bridgehead atoms. The van der Waals surface area contributed by atoms with Crippen LogP contribution in [0.15, 0.2) is 52.9 Å². The summed E-state index contributed by atoms with van der Waals surface area (Å²) in [5.74, 6) is -2.27. The molecule has 198 valence electrons. The Labute approximate surface area is 215 Å². The maximum atomic E-state index is 13.2. The van der Waals surface area contributed by atoms with E-state index < -0.39 is 51.1 Å². The van der Waals surface area contributed by atoms with E-state index in [-0.39, 0.29) is 12.3 Å². The van der Waals surface area contributed by atoms with Crippen molar-refractivity contribution in [2.24, 2.45) is 0 Å². The number of nitrogens with one attached hydrogen (secondary N) is 2. The summed E-state index contributed by atoms with van der Waals surface area (Å²) in [6.45, 7) is 1.68. The predicted octanol–water partition coefficient (Wildman–Crippen LogP) is 2.17. The molecule has 11 nitrogen and oxygen atoms in total. The van der Waals surface area contributed by atoms with Gasteiger partial charge in [0.25, 0.3) is 5.89 Å². The average Bonchev–Trinajstić information content (AvgIpc) is 3.30. The van der Waals surface area contributed by atoms with E-state index in [0.717, 1.165) is 0 Å². The zero-order chi connectivity index (χ0) is 27.2. The molecule has 0 aliphatic carbocycles. The van der Waals surface area contributed by atoms with Crippen molar-refractivity contribution in [2.45, 2.75) is 31.2 Å². The Hall–Kier alpha value is -3.93. The zero-order valence-corrected chi connectivity index (χ0v) is 21.9. The van der Waals surface area contributed by atoms with E-state index in [1.165, 1.54) is 26.1 Å². The van der Waals surface area contributed by atoms with E-state index in [1.54, 1.807) is 55.5 Å². The molecule has 37 heavy (non-hydrogen) atoms. The third-order valence-corrected chi connectivity index (χ3v) is 7.15. The van der Waals surface area contributed by atoms with Crippen LogP contribution in [0, 0.1) is 0 Å². The molecule has 0 aliphatic rings. The number of carbonyl (C=O) groups is 3. The number of amides is 3. The van der Waals surface area contributed by atoms with Gasteiger partial charge in [0.1, 0.15) is 17.3 Å². The van der Waals surface area contributed by atoms with E-state index in [0.29, 0.717) is 22.4 Å². The fourth-order valence-electron chi connectivity index (χ4n) is 3.59. The number of methoxy groups -OCH3 is 1. The van der Waals surface area contributed by atoms with Crippen LogP contribution in [0.4, 0.5) is 4.79 Å². The summed E-state index contributed by atoms with van der Waals surface area (Å²) < 4.78 is 36.9. The largest absolute Gasteiger partial charge is 0.496 e. The molecule has 0 saturated heterocycles. The quantitative estimate of drug-likeness (QED) is 0.359. The summed E-state index contributed by atoms with van der Waals surface area (Å²) in [6.07, 6.45) is 0.186. The molecule has 0 spiro atoms. The number of benzene rings is 2. The highest BCUT2D eigenvalue weighted by atomic mass is 32.2. The smallest absolute Gasteiger partial charge is 0.317 e. The molecule has 2 atom stereocenters. The molecule has 12 heteroatoms. The number of ether oxygens (including phenoxy) is 1. The number of rotatable bonds is 11. The van der Waals surface area contributed by atoms with Gasteiger partial charge in [-0.1, -0.05) is 37.3 Å². The number of nitrogens with zero attached hydrogens (tertiary/aromatic N) is 2. The summed E-state index contributed by atoms with van der Waals surface area (Å²) >= 11 is 0. The molecule has 3 amide bonds. The van der Waals surface area contributed by atoms with Crippen LogP contribution in [0.25, 0.3) is 11.1 Å². The van der Waals surface area contributed by atoms with Crippen LogP contribution in [0.1, 0.15) is 29.6 Å². The Balaban J connectivity index is 1.80. The van der Waals surface area contributed by atoms with Crippen molar-refractivity contribution in [3.63, 3.8) is 0 Å². The number of para-hydroxylation sites is 3. The van der Waals surface area contributed by atoms with Gasteiger partial charge in [0, 0.05) is 19.7 Å². The minimum atomic E-state index is -3.90. The first-order valence-electron chi connectivity index (χ1n) is 11.5. The number of oxazole rings is 1. The Kier molecular flexibility index (Phi) is 8.87. The lowest BCUT2D eigenvalue weighted by Crippen LogP contribution is -2.55. The van der Waals surface area contributed by atoms with Gasteiger partial charge in [0.05, 0.1) is 24.7 Å². The molecule has 0 fully saturated rings. The van der Waals surface area contributed by atoms with E-state index in [2.05, 4.69) is 15.6 Å². The molecule has 2 N–H and O–H groups in total. The maximum absolute atomic E-state index is 13.2. The Morgan fingerprint density at radius 3 is 2.35 bits per heavy atom. The van der Waals surface area contributed by atoms with Gasteiger partial charge in [-0.15, -0.1) is 0 Å². The third-order valence-electron chi connectivity index (χ3n) is 5.55. The van der Waals surface area contributed by atoms with E-state index >= 15 is 0 Å². The molecule has 0 aliphatic heterocycles. The molecule has 0 saturated carbocycles. The second-order valence-electron chi connectivity index (χ2n) is 8.58. The molecule has 1 unspecified atom stereocenters. The van der Waals surface area contributed by atoms with Crippen LogP contribution in [0.2, 0.25) is 0 Å². The van der Waals surface area contributed by atoms with E-state index in [4.69, 9.17) is 9.15 Å². The van der Waals surface area contributed by atoms with E-state index in [1.807, 2.05) is 0 Å². The topological polar surface area (TPSA) is 148 Å². The lowest BCUT2D eigenvalue weighted by atomic mass is 10.1. The van der Waals surface area contributed by atoms with Gasteiger partial charge in [-0.25, -0.2) is 18.2 Å². The molecule has 0 radical (unpaired) electrons. The van der Waals surface area contributed by atoms with E-state index in [9.17, 15) is 22.8 Å². The summed E-state index contributed by atoms with van der Waals surface area (Å²) in [6, 6.07) is 10.3. The SMILES string of the molecule is CC[C@@H](NC(=O)C(CS(=O)(=O)Cc1ccccc1OC)NC(=O)N(C)C)C(=O)c1nc2ccccc2o1. The van der Waals surface area contributed by atoms with Crippen LogP contribution in [-0.4, -0.2) is 75.1 Å². The minimum Gasteiger partial charge on any atom is -0.496 e. The second kappa shape index (κ2) is 11.9. The number of aromatic nitrogens is 1. The normalized spacial score (nSPS) is 13.0. The number of ketones is 1. The number of Topliss-reactive ketones (excluding diaryl/α,β-unsaturated/α-hetero) is 1. The highest BCUT2D eigenvalue weighted by molar-refractivity contribution is 7.90. The van der Waals surface area contributed by atoms with Crippen LogP contribution in [-0.2, 0) is 20.4 Å². The molecule has 3 rings (SSSR count). The molecular weight excluding hydrogens is 500 g/mol. The Morgan fingerprint density at radius 2 is 1.70 bits per heavy atom. The monoisotopic (exact) mass is 530 g/mol. The van der Waals surface area contributed by atoms with Crippen LogP contribution >= 0.6 is 0 Å². The van der Waals surface area contributed by atoms with Crippen molar-refractivity contribution in [1.29, 1.82) is 0 Å². The van der Waals surface area contributed by atoms with Gasteiger partial charge < -0.3 is 24.7 Å². The fraction of sp³-hybridized carbons (Fsp3) is 0.360. The van der Waals surface area contributed by atoms with Crippen molar-refractivity contribution in [2.75, 3.05) is 27.0 Å². The highest BCUT2D eigenvalue weighted by Gasteiger charge is 2.32. The van der Waals surface area contributed by atoms with Crippen LogP contribution in [0.5, 0.6) is 5.75 Å². The van der Waals surface area contributed by atoms with Gasteiger partial charge in [0.15, 0.2) is 15.4 Å². The van der Waals surface area contributed by atoms with Crippen LogP contribution < -0.4 is 15.4 Å². The molecular formula is C25H30N4O7S. The molecule has 1 aromatic heterocycles. The third kappa shape index (κ3) is 7.06. The van der Waals surface area contributed by atoms with Crippen molar-refractivity contribution in [1.82, 2.24) is 20.5 Å². The summed E-state index contributed by atoms with van der Waals surface area (Å²) in [7, 11) is 0.439. The van der Waals surface area contributed by atoms with Crippen molar-refractivity contribution >= 4 is 38.7 Å².